The van der Waals surface area contributed by atoms with Crippen LogP contribution in [0.1, 0.15) is 62.3 Å². The van der Waals surface area contributed by atoms with E-state index in [1.165, 1.54) is 6.08 Å². The Labute approximate surface area is 252 Å². The van der Waals surface area contributed by atoms with Crippen molar-refractivity contribution >= 4 is 31.0 Å². The maximum Gasteiger partial charge on any atom is 0.407 e. The van der Waals surface area contributed by atoms with Gasteiger partial charge in [-0.2, -0.15) is 0 Å². The van der Waals surface area contributed by atoms with E-state index in [2.05, 4.69) is 84.2 Å². The number of amides is 1. The number of azide groups is 1. The van der Waals surface area contributed by atoms with Crippen LogP contribution in [0.3, 0.4) is 0 Å². The van der Waals surface area contributed by atoms with Crippen molar-refractivity contribution in [2.75, 3.05) is 13.2 Å². The number of alkyl carbamates (subject to hydrolysis) is 1. The molecule has 0 spiro atoms. The molecule has 0 aromatic heterocycles. The molecule has 0 unspecified atom stereocenters. The van der Waals surface area contributed by atoms with Crippen LogP contribution in [0, 0.1) is 0 Å². The lowest BCUT2D eigenvalue weighted by Gasteiger charge is -2.51. The van der Waals surface area contributed by atoms with Crippen LogP contribution in [0.25, 0.3) is 10.4 Å². The van der Waals surface area contributed by atoms with Crippen molar-refractivity contribution in [1.29, 1.82) is 0 Å². The first-order valence-corrected chi connectivity index (χ1v) is 23.4. The van der Waals surface area contributed by atoms with E-state index in [1.54, 1.807) is 0 Å². The highest BCUT2D eigenvalue weighted by Gasteiger charge is 2.53. The molecule has 0 aromatic rings. The zero-order valence-corrected chi connectivity index (χ0v) is 30.2. The molecule has 0 aromatic carbocycles. The molecule has 1 aliphatic heterocycles. The Morgan fingerprint density at radius 2 is 1.32 bits per heavy atom. The molecule has 5 atom stereocenters. The number of hydrogen-bond acceptors (Lipinski definition) is 7. The van der Waals surface area contributed by atoms with E-state index < -0.39 is 61.6 Å². The van der Waals surface area contributed by atoms with Crippen LogP contribution < -0.4 is 5.32 Å². The second kappa shape index (κ2) is 18.5. The molecule has 1 saturated heterocycles. The van der Waals surface area contributed by atoms with Crippen LogP contribution in [0.15, 0.2) is 17.8 Å². The van der Waals surface area contributed by atoms with E-state index >= 15 is 0 Å². The predicted molar refractivity (Wildman–Crippen MR) is 174 cm³/mol. The van der Waals surface area contributed by atoms with Gasteiger partial charge in [-0.25, -0.2) is 4.79 Å². The third-order valence-corrected chi connectivity index (χ3v) is 23.5. The number of ether oxygens (including phenoxy) is 2. The molecule has 13 heteroatoms. The Hall–Kier alpha value is -1.19. The van der Waals surface area contributed by atoms with E-state index in [0.29, 0.717) is 6.61 Å². The lowest BCUT2D eigenvalue weighted by molar-refractivity contribution is -0.180. The summed E-state index contributed by atoms with van der Waals surface area (Å²) < 4.78 is 33.0. The van der Waals surface area contributed by atoms with Gasteiger partial charge in [0.25, 0.3) is 0 Å². The van der Waals surface area contributed by atoms with Crippen LogP contribution in [0.4, 0.5) is 4.79 Å². The lowest BCUT2D eigenvalue weighted by atomic mass is 9.96. The van der Waals surface area contributed by atoms with Crippen LogP contribution in [0.2, 0.25) is 54.4 Å². The first-order valence-electron chi connectivity index (χ1n) is 15.8. The zero-order valence-electron chi connectivity index (χ0n) is 27.2. The topological polar surface area (TPSA) is 124 Å². The van der Waals surface area contributed by atoms with Crippen LogP contribution in [0.5, 0.6) is 0 Å². The molecule has 1 fully saturated rings. The maximum absolute atomic E-state index is 12.9. The molecule has 1 amide bonds. The molecule has 0 radical (unpaired) electrons. The highest BCUT2D eigenvalue weighted by Crippen LogP contribution is 2.37. The monoisotopic (exact) mass is 630 g/mol. The molecule has 238 valence electrons. The van der Waals surface area contributed by atoms with Crippen LogP contribution >= 0.6 is 0 Å². The molecule has 1 aliphatic rings. The van der Waals surface area contributed by atoms with Gasteiger partial charge in [-0.3, -0.25) is 0 Å². The van der Waals surface area contributed by atoms with Crippen molar-refractivity contribution in [2.45, 2.75) is 147 Å². The molecular formula is C28H58N4O6Si3. The normalized spacial score (nSPS) is 23.5. The number of rotatable bonds is 20. The summed E-state index contributed by atoms with van der Waals surface area (Å²) in [6.07, 6.45) is -1.74. The van der Waals surface area contributed by atoms with Gasteiger partial charge in [0, 0.05) is 4.91 Å². The number of nitrogens with one attached hydrogen (secondary N) is 1. The summed E-state index contributed by atoms with van der Waals surface area (Å²) in [6.45, 7) is 23.7. The summed E-state index contributed by atoms with van der Waals surface area (Å²) >= 11 is 0. The third kappa shape index (κ3) is 9.92. The Bertz CT molecular complexity index is 811. The second-order valence-corrected chi connectivity index (χ2v) is 25.3. The second-order valence-electron chi connectivity index (χ2n) is 11.0. The fourth-order valence-corrected chi connectivity index (χ4v) is 14.2. The molecule has 0 aliphatic carbocycles. The fraction of sp³-hybridized carbons (Fsp3) is 0.893. The van der Waals surface area contributed by atoms with Crippen LogP contribution in [-0.2, 0) is 22.8 Å². The minimum Gasteiger partial charge on any atom is -0.445 e. The van der Waals surface area contributed by atoms with Gasteiger partial charge in [-0.15, -0.1) is 0 Å². The standard InChI is InChI=1S/C28H58N4O6Si3/c1-11-21-34-28(33)30-24-26(38-41(18-8,19-9)20-10)25(37-40(15-5,16-6)17-7)23(36-27(24)31-32-29)22-35-39(12-2,13-3)14-4/h11,23-27H,1,12-22H2,2-10H3,(H,30,33)/t23-,24-,25-,26-,27-/m1/s1. The van der Waals surface area contributed by atoms with Gasteiger partial charge < -0.3 is 28.1 Å². The van der Waals surface area contributed by atoms with Gasteiger partial charge in [-0.1, -0.05) is 80.1 Å². The van der Waals surface area contributed by atoms with Gasteiger partial charge >= 0.3 is 6.09 Å². The Balaban J connectivity index is 3.78. The molecule has 1 heterocycles. The SMILES string of the molecule is C=CCOC(=O)N[C@@H]1[C@@H](O[Si](CC)(CC)CC)[C@H](O[Si](CC)(CC)CC)[C@@H](CO[Si](CC)(CC)CC)O[C@H]1N=[N+]=[N-]. The number of hydrogen-bond donors (Lipinski definition) is 1. The molecule has 1 rings (SSSR count). The minimum atomic E-state index is -2.23. The van der Waals surface area contributed by atoms with E-state index in [0.717, 1.165) is 54.4 Å². The quantitative estimate of drug-likeness (QED) is 0.0476. The van der Waals surface area contributed by atoms with Gasteiger partial charge in [0.2, 0.25) is 0 Å². The Morgan fingerprint density at radius 3 is 1.73 bits per heavy atom. The van der Waals surface area contributed by atoms with Crippen molar-refractivity contribution < 1.29 is 27.5 Å². The Kier molecular flexibility index (Phi) is 17.0. The van der Waals surface area contributed by atoms with Crippen molar-refractivity contribution in [1.82, 2.24) is 5.32 Å². The lowest BCUT2D eigenvalue weighted by Crippen LogP contribution is -2.69. The molecule has 0 saturated carbocycles. The molecule has 1 N–H and O–H groups in total. The number of carbonyl (C=O) groups excluding carboxylic acids is 1. The first kappa shape index (κ1) is 37.8. The molecule has 10 nitrogen and oxygen atoms in total. The summed E-state index contributed by atoms with van der Waals surface area (Å²) in [5, 5.41) is 6.95. The minimum absolute atomic E-state index is 0.0559. The molecule has 0 bridgehead atoms. The fourth-order valence-electron chi connectivity index (χ4n) is 5.84. The number of carbonyl (C=O) groups is 1. The van der Waals surface area contributed by atoms with E-state index in [4.69, 9.17) is 22.8 Å². The number of nitrogens with zero attached hydrogens (tertiary/aromatic N) is 3. The summed E-state index contributed by atoms with van der Waals surface area (Å²) in [5.74, 6) is 0. The average Bonchev–Trinajstić information content (AvgIpc) is 3.01. The summed E-state index contributed by atoms with van der Waals surface area (Å²) in [4.78, 5) is 16.0. The van der Waals surface area contributed by atoms with Crippen LogP contribution in [-0.4, -0.2) is 74.8 Å². The highest BCUT2D eigenvalue weighted by atomic mass is 28.4. The van der Waals surface area contributed by atoms with Crippen molar-refractivity contribution in [3.63, 3.8) is 0 Å². The average molecular weight is 631 g/mol. The van der Waals surface area contributed by atoms with E-state index in [-0.39, 0.29) is 6.61 Å². The smallest absolute Gasteiger partial charge is 0.407 e. The zero-order chi connectivity index (χ0) is 31.1. The van der Waals surface area contributed by atoms with Gasteiger partial charge in [0.1, 0.15) is 18.8 Å². The van der Waals surface area contributed by atoms with Gasteiger partial charge in [0.05, 0.1) is 18.8 Å². The molecular weight excluding hydrogens is 573 g/mol. The predicted octanol–water partition coefficient (Wildman–Crippen LogP) is 8.11. The summed E-state index contributed by atoms with van der Waals surface area (Å²) in [6, 6.07) is 7.83. The maximum atomic E-state index is 12.9. The van der Waals surface area contributed by atoms with Gasteiger partial charge in [0.15, 0.2) is 31.2 Å². The molecule has 41 heavy (non-hydrogen) atoms. The van der Waals surface area contributed by atoms with E-state index in [1.807, 2.05) is 0 Å². The largest absolute Gasteiger partial charge is 0.445 e. The van der Waals surface area contributed by atoms with Crippen molar-refractivity contribution in [3.8, 4) is 0 Å². The first-order chi connectivity index (χ1) is 19.6. The highest BCUT2D eigenvalue weighted by molar-refractivity contribution is 6.74. The van der Waals surface area contributed by atoms with E-state index in [9.17, 15) is 10.3 Å². The van der Waals surface area contributed by atoms with Gasteiger partial charge in [-0.05, 0) is 59.9 Å². The Morgan fingerprint density at radius 1 is 0.854 bits per heavy atom. The summed E-state index contributed by atoms with van der Waals surface area (Å²) in [5.41, 5.74) is 9.54. The third-order valence-electron chi connectivity index (χ3n) is 9.57. The summed E-state index contributed by atoms with van der Waals surface area (Å²) in [7, 11) is -6.36. The van der Waals surface area contributed by atoms with Crippen molar-refractivity contribution in [2.24, 2.45) is 5.11 Å². The van der Waals surface area contributed by atoms with Crippen molar-refractivity contribution in [3.05, 3.63) is 23.1 Å².